The predicted octanol–water partition coefficient (Wildman–Crippen LogP) is 3.44. The highest BCUT2D eigenvalue weighted by Crippen LogP contribution is 2.34. The summed E-state index contributed by atoms with van der Waals surface area (Å²) in [4.78, 5) is 1.54. The van der Waals surface area contributed by atoms with Crippen LogP contribution in [0.15, 0.2) is 12.1 Å². The second-order valence-corrected chi connectivity index (χ2v) is 6.48. The molecular weight excluding hydrogens is 300 g/mol. The fourth-order valence-electron chi connectivity index (χ4n) is 1.55. The van der Waals surface area contributed by atoms with E-state index in [0.29, 0.717) is 22.0 Å². The van der Waals surface area contributed by atoms with Crippen molar-refractivity contribution in [1.82, 2.24) is 0 Å². The van der Waals surface area contributed by atoms with E-state index in [4.69, 9.17) is 27.9 Å². The summed E-state index contributed by atoms with van der Waals surface area (Å²) in [6, 6.07) is 7.85. The Balaban J connectivity index is 2.04. The Morgan fingerprint density at radius 3 is 2.63 bits per heavy atom. The fourth-order valence-corrected chi connectivity index (χ4v) is 3.53. The molecule has 0 aliphatic rings. The number of halogens is 1. The van der Waals surface area contributed by atoms with Crippen molar-refractivity contribution in [3.05, 3.63) is 31.8 Å². The number of hydrogen-bond donors (Lipinski definition) is 2. The lowest BCUT2D eigenvalue weighted by molar-refractivity contribution is 1.05. The first-order valence-corrected chi connectivity index (χ1v) is 7.37. The molecule has 2 heterocycles. The Kier molecular flexibility index (Phi) is 4.28. The summed E-state index contributed by atoms with van der Waals surface area (Å²) >= 11 is 8.59. The van der Waals surface area contributed by atoms with E-state index in [9.17, 15) is 0 Å². The number of rotatable bonds is 4. The molecular formula is C12H9ClN4S2. The largest absolute Gasteiger partial charge is 0.396 e. The molecule has 0 unspecified atom stereocenters. The molecule has 0 aliphatic carbocycles. The van der Waals surface area contributed by atoms with E-state index in [2.05, 4.69) is 5.32 Å². The van der Waals surface area contributed by atoms with Crippen LogP contribution < -0.4 is 11.1 Å². The van der Waals surface area contributed by atoms with Crippen molar-refractivity contribution in [2.45, 2.75) is 6.42 Å². The minimum atomic E-state index is 0.261. The van der Waals surface area contributed by atoms with E-state index in [-0.39, 0.29) is 5.69 Å². The van der Waals surface area contributed by atoms with Crippen LogP contribution in [0, 0.1) is 22.7 Å². The van der Waals surface area contributed by atoms with Gasteiger partial charge in [-0.15, -0.1) is 22.7 Å². The van der Waals surface area contributed by atoms with Crippen LogP contribution in [0.3, 0.4) is 0 Å². The van der Waals surface area contributed by atoms with Gasteiger partial charge in [0.1, 0.15) is 27.6 Å². The number of nitrogens with zero attached hydrogens (tertiary/aromatic N) is 2. The molecule has 0 atom stereocenters. The van der Waals surface area contributed by atoms with Crippen LogP contribution in [-0.2, 0) is 6.42 Å². The van der Waals surface area contributed by atoms with Gasteiger partial charge in [0.05, 0.1) is 10.0 Å². The van der Waals surface area contributed by atoms with Crippen molar-refractivity contribution < 1.29 is 0 Å². The normalized spacial score (nSPS) is 9.84. The van der Waals surface area contributed by atoms with Gasteiger partial charge in [0.15, 0.2) is 0 Å². The predicted molar refractivity (Wildman–Crippen MR) is 79.7 cm³/mol. The topological polar surface area (TPSA) is 85.6 Å². The zero-order chi connectivity index (χ0) is 13.8. The molecule has 19 heavy (non-hydrogen) atoms. The Morgan fingerprint density at radius 1 is 1.26 bits per heavy atom. The molecule has 2 aromatic rings. The van der Waals surface area contributed by atoms with Crippen molar-refractivity contribution in [3.8, 4) is 12.1 Å². The molecule has 0 saturated heterocycles. The molecule has 2 aromatic heterocycles. The van der Waals surface area contributed by atoms with Gasteiger partial charge in [-0.2, -0.15) is 10.5 Å². The molecule has 0 spiro atoms. The maximum atomic E-state index is 9.04. The Hall–Kier alpha value is -1.73. The van der Waals surface area contributed by atoms with Crippen LogP contribution in [0.4, 0.5) is 10.7 Å². The van der Waals surface area contributed by atoms with Crippen molar-refractivity contribution in [1.29, 1.82) is 10.5 Å². The van der Waals surface area contributed by atoms with E-state index in [1.54, 1.807) is 0 Å². The molecule has 0 saturated carbocycles. The standard InChI is InChI=1S/C12H9ClN4S2/c13-10-2-1-7(18-10)3-4-17-12-8(5-14)11(16)9(6-15)19-12/h1-2,17H,3-4,16H2. The molecule has 0 bridgehead atoms. The second-order valence-electron chi connectivity index (χ2n) is 3.66. The van der Waals surface area contributed by atoms with Gasteiger partial charge in [0, 0.05) is 11.4 Å². The van der Waals surface area contributed by atoms with Crippen molar-refractivity contribution in [2.24, 2.45) is 0 Å². The summed E-state index contributed by atoms with van der Waals surface area (Å²) < 4.78 is 0.764. The number of nitrogens with one attached hydrogen (secondary N) is 1. The molecule has 4 nitrogen and oxygen atoms in total. The minimum absolute atomic E-state index is 0.261. The van der Waals surface area contributed by atoms with Gasteiger partial charge in [-0.1, -0.05) is 11.6 Å². The van der Waals surface area contributed by atoms with Gasteiger partial charge >= 0.3 is 0 Å². The summed E-state index contributed by atoms with van der Waals surface area (Å²) in [6.45, 7) is 0.663. The quantitative estimate of drug-likeness (QED) is 0.906. The molecule has 2 rings (SSSR count). The third-order valence-electron chi connectivity index (χ3n) is 2.44. The molecule has 0 aromatic carbocycles. The number of nitriles is 2. The Bertz CT molecular complexity index is 675. The first-order chi connectivity index (χ1) is 9.15. The van der Waals surface area contributed by atoms with Crippen molar-refractivity contribution in [2.75, 3.05) is 17.6 Å². The SMILES string of the molecule is N#Cc1sc(NCCc2ccc(Cl)s2)c(C#N)c1N. The van der Waals surface area contributed by atoms with Crippen molar-refractivity contribution in [3.63, 3.8) is 0 Å². The highest BCUT2D eigenvalue weighted by atomic mass is 35.5. The summed E-state index contributed by atoms with van der Waals surface area (Å²) in [6.07, 6.45) is 0.807. The van der Waals surface area contributed by atoms with Crippen LogP contribution in [0.2, 0.25) is 4.34 Å². The average Bonchev–Trinajstić information content (AvgIpc) is 2.93. The van der Waals surface area contributed by atoms with Gasteiger partial charge in [-0.05, 0) is 18.6 Å². The minimum Gasteiger partial charge on any atom is -0.396 e. The zero-order valence-corrected chi connectivity index (χ0v) is 12.1. The van der Waals surface area contributed by atoms with Gasteiger partial charge in [-0.25, -0.2) is 0 Å². The second kappa shape index (κ2) is 5.94. The molecule has 0 amide bonds. The fraction of sp³-hybridized carbons (Fsp3) is 0.167. The molecule has 0 fully saturated rings. The van der Waals surface area contributed by atoms with Crippen LogP contribution in [-0.4, -0.2) is 6.54 Å². The summed E-state index contributed by atoms with van der Waals surface area (Å²) in [5.74, 6) is 0. The third kappa shape index (κ3) is 2.99. The number of nitrogens with two attached hydrogens (primary N) is 1. The van der Waals surface area contributed by atoms with Gasteiger partial charge in [0.25, 0.3) is 0 Å². The molecule has 7 heteroatoms. The monoisotopic (exact) mass is 308 g/mol. The van der Waals surface area contributed by atoms with Gasteiger partial charge in [0.2, 0.25) is 0 Å². The number of hydrogen-bond acceptors (Lipinski definition) is 6. The van der Waals surface area contributed by atoms with Crippen LogP contribution in [0.25, 0.3) is 0 Å². The first kappa shape index (κ1) is 13.7. The molecule has 0 radical (unpaired) electrons. The van der Waals surface area contributed by atoms with Crippen LogP contribution in [0.5, 0.6) is 0 Å². The third-order valence-corrected chi connectivity index (χ3v) is 4.80. The van der Waals surface area contributed by atoms with E-state index in [0.717, 1.165) is 10.8 Å². The molecule has 3 N–H and O–H groups in total. The highest BCUT2D eigenvalue weighted by molar-refractivity contribution is 7.17. The summed E-state index contributed by atoms with van der Waals surface area (Å²) in [5.41, 5.74) is 6.33. The Morgan fingerprint density at radius 2 is 2.05 bits per heavy atom. The summed E-state index contributed by atoms with van der Waals surface area (Å²) in [7, 11) is 0. The molecule has 0 aliphatic heterocycles. The Labute approximate surface area is 123 Å². The lowest BCUT2D eigenvalue weighted by atomic mass is 10.2. The maximum Gasteiger partial charge on any atom is 0.131 e. The number of anilines is 2. The van der Waals surface area contributed by atoms with E-state index >= 15 is 0 Å². The lowest BCUT2D eigenvalue weighted by Crippen LogP contribution is -2.03. The maximum absolute atomic E-state index is 9.04. The van der Waals surface area contributed by atoms with Crippen molar-refractivity contribution >= 4 is 45.0 Å². The lowest BCUT2D eigenvalue weighted by Gasteiger charge is -2.02. The van der Waals surface area contributed by atoms with Gasteiger partial charge < -0.3 is 11.1 Å². The van der Waals surface area contributed by atoms with E-state index in [1.807, 2.05) is 24.3 Å². The summed E-state index contributed by atoms with van der Waals surface area (Å²) in [5, 5.41) is 21.7. The first-order valence-electron chi connectivity index (χ1n) is 5.36. The van der Waals surface area contributed by atoms with Crippen LogP contribution >= 0.6 is 34.3 Å². The van der Waals surface area contributed by atoms with E-state index < -0.39 is 0 Å². The smallest absolute Gasteiger partial charge is 0.131 e. The van der Waals surface area contributed by atoms with E-state index in [1.165, 1.54) is 27.6 Å². The zero-order valence-electron chi connectivity index (χ0n) is 9.74. The number of thiophene rings is 2. The highest BCUT2D eigenvalue weighted by Gasteiger charge is 2.15. The van der Waals surface area contributed by atoms with Gasteiger partial charge in [-0.3, -0.25) is 0 Å². The number of nitrogen functional groups attached to an aromatic ring is 1. The average molecular weight is 309 g/mol. The molecule has 96 valence electrons. The van der Waals surface area contributed by atoms with Crippen LogP contribution in [0.1, 0.15) is 15.3 Å².